The molecule has 0 aromatic rings. The van der Waals surface area contributed by atoms with Crippen LogP contribution in [0.1, 0.15) is 33.1 Å². The third-order valence-corrected chi connectivity index (χ3v) is 3.28. The molecule has 1 aliphatic carbocycles. The molecule has 0 heterocycles. The molecule has 0 aromatic carbocycles. The fourth-order valence-corrected chi connectivity index (χ4v) is 2.22. The first-order valence-corrected chi connectivity index (χ1v) is 5.42. The van der Waals surface area contributed by atoms with Gasteiger partial charge in [-0.2, -0.15) is 0 Å². The number of carbonyl (C=O) groups excluding carboxylic acids is 1. The van der Waals surface area contributed by atoms with Gasteiger partial charge in [-0.15, -0.1) is 0 Å². The number of hydrogen-bond donors (Lipinski definition) is 1. The van der Waals surface area contributed by atoms with Crippen molar-refractivity contribution >= 4 is 11.8 Å². The molecule has 0 saturated heterocycles. The highest BCUT2D eigenvalue weighted by atomic mass is 16.4. The van der Waals surface area contributed by atoms with Crippen LogP contribution in [0.25, 0.3) is 0 Å². The van der Waals surface area contributed by atoms with Crippen molar-refractivity contribution in [3.8, 4) is 0 Å². The van der Waals surface area contributed by atoms with Gasteiger partial charge in [0, 0.05) is 5.92 Å². The number of Topliss-reactive ketones (excluding diaryl/α,β-unsaturated/α-hetero) is 1. The summed E-state index contributed by atoms with van der Waals surface area (Å²) in [6.07, 6.45) is 6.70. The van der Waals surface area contributed by atoms with E-state index >= 15 is 0 Å². The second-order valence-electron chi connectivity index (χ2n) is 4.31. The Morgan fingerprint density at radius 3 is 2.47 bits per heavy atom. The van der Waals surface area contributed by atoms with Gasteiger partial charge in [0.05, 0.1) is 5.92 Å². The maximum atomic E-state index is 11.3. The largest absolute Gasteiger partial charge is 0.481 e. The molecule has 0 radical (unpaired) electrons. The molecule has 0 bridgehead atoms. The summed E-state index contributed by atoms with van der Waals surface area (Å²) in [5, 5.41) is 9.17. The lowest BCUT2D eigenvalue weighted by molar-refractivity contribution is -0.148. The van der Waals surface area contributed by atoms with Gasteiger partial charge >= 0.3 is 5.97 Å². The Balaban J connectivity index is 2.77. The van der Waals surface area contributed by atoms with Crippen LogP contribution in [0.2, 0.25) is 0 Å². The molecule has 1 N–H and O–H groups in total. The fourth-order valence-electron chi connectivity index (χ4n) is 2.22. The van der Waals surface area contributed by atoms with E-state index in [4.69, 9.17) is 5.11 Å². The van der Waals surface area contributed by atoms with Crippen LogP contribution >= 0.6 is 0 Å². The minimum Gasteiger partial charge on any atom is -0.481 e. The van der Waals surface area contributed by atoms with Gasteiger partial charge in [0.1, 0.15) is 5.78 Å². The highest BCUT2D eigenvalue weighted by Crippen LogP contribution is 2.31. The van der Waals surface area contributed by atoms with Crippen LogP contribution in [-0.2, 0) is 9.59 Å². The molecular formula is C12H18O3. The smallest absolute Gasteiger partial charge is 0.307 e. The second-order valence-corrected chi connectivity index (χ2v) is 4.31. The zero-order valence-corrected chi connectivity index (χ0v) is 9.27. The molecule has 0 spiro atoms. The second kappa shape index (κ2) is 5.10. The molecule has 3 unspecified atom stereocenters. The SMILES string of the molecule is CC(=O)C(C)C(C(=O)O)C1CC=CCC1. The summed E-state index contributed by atoms with van der Waals surface area (Å²) >= 11 is 0. The van der Waals surface area contributed by atoms with Crippen LogP contribution in [0, 0.1) is 17.8 Å². The summed E-state index contributed by atoms with van der Waals surface area (Å²) in [7, 11) is 0. The molecule has 0 amide bonds. The van der Waals surface area contributed by atoms with Gasteiger partial charge in [-0.3, -0.25) is 9.59 Å². The summed E-state index contributed by atoms with van der Waals surface area (Å²) in [6, 6.07) is 0. The van der Waals surface area contributed by atoms with Crippen molar-refractivity contribution < 1.29 is 14.7 Å². The van der Waals surface area contributed by atoms with Crippen LogP contribution in [0.4, 0.5) is 0 Å². The van der Waals surface area contributed by atoms with E-state index in [1.54, 1.807) is 6.92 Å². The lowest BCUT2D eigenvalue weighted by Gasteiger charge is -2.28. The molecule has 1 rings (SSSR count). The first kappa shape index (κ1) is 12.0. The highest BCUT2D eigenvalue weighted by Gasteiger charge is 2.34. The summed E-state index contributed by atoms with van der Waals surface area (Å²) in [5.41, 5.74) is 0. The van der Waals surface area contributed by atoms with E-state index in [1.807, 2.05) is 6.08 Å². The maximum Gasteiger partial charge on any atom is 0.307 e. The quantitative estimate of drug-likeness (QED) is 0.724. The average molecular weight is 210 g/mol. The number of allylic oxidation sites excluding steroid dienone is 2. The molecule has 3 atom stereocenters. The Morgan fingerprint density at radius 2 is 2.07 bits per heavy atom. The van der Waals surface area contributed by atoms with Crippen molar-refractivity contribution in [1.82, 2.24) is 0 Å². The zero-order chi connectivity index (χ0) is 11.4. The minimum absolute atomic E-state index is 0.0306. The van der Waals surface area contributed by atoms with Gasteiger partial charge in [-0.25, -0.2) is 0 Å². The normalized spacial score (nSPS) is 24.5. The molecule has 0 aromatic heterocycles. The third kappa shape index (κ3) is 2.91. The Hall–Kier alpha value is -1.12. The van der Waals surface area contributed by atoms with E-state index in [1.165, 1.54) is 6.92 Å². The number of rotatable bonds is 4. The summed E-state index contributed by atoms with van der Waals surface area (Å²) in [4.78, 5) is 22.4. The minimum atomic E-state index is -0.835. The predicted molar refractivity (Wildman–Crippen MR) is 57.5 cm³/mol. The van der Waals surface area contributed by atoms with Crippen LogP contribution in [-0.4, -0.2) is 16.9 Å². The molecular weight excluding hydrogens is 192 g/mol. The van der Waals surface area contributed by atoms with Gasteiger partial charge in [0.25, 0.3) is 0 Å². The van der Waals surface area contributed by atoms with Crippen LogP contribution in [0.3, 0.4) is 0 Å². The number of ketones is 1. The topological polar surface area (TPSA) is 54.4 Å². The fraction of sp³-hybridized carbons (Fsp3) is 0.667. The molecule has 0 fully saturated rings. The van der Waals surface area contributed by atoms with Gasteiger partial charge in [-0.05, 0) is 32.1 Å². The van der Waals surface area contributed by atoms with E-state index in [9.17, 15) is 9.59 Å². The van der Waals surface area contributed by atoms with E-state index in [0.717, 1.165) is 19.3 Å². The lowest BCUT2D eigenvalue weighted by atomic mass is 9.75. The predicted octanol–water partition coefficient (Wildman–Crippen LogP) is 2.27. The van der Waals surface area contributed by atoms with Crippen molar-refractivity contribution in [3.63, 3.8) is 0 Å². The van der Waals surface area contributed by atoms with Crippen molar-refractivity contribution in [2.24, 2.45) is 17.8 Å². The Kier molecular flexibility index (Phi) is 4.06. The average Bonchev–Trinajstić information content (AvgIpc) is 2.18. The highest BCUT2D eigenvalue weighted by molar-refractivity contribution is 5.84. The first-order valence-electron chi connectivity index (χ1n) is 5.42. The van der Waals surface area contributed by atoms with Crippen molar-refractivity contribution in [3.05, 3.63) is 12.2 Å². The molecule has 3 heteroatoms. The number of aliphatic carboxylic acids is 1. The van der Waals surface area contributed by atoms with Gasteiger partial charge in [0.15, 0.2) is 0 Å². The Bertz CT molecular complexity index is 281. The summed E-state index contributed by atoms with van der Waals surface area (Å²) in [6.45, 7) is 3.19. The van der Waals surface area contributed by atoms with Crippen molar-refractivity contribution in [1.29, 1.82) is 0 Å². The maximum absolute atomic E-state index is 11.3. The molecule has 0 saturated carbocycles. The van der Waals surface area contributed by atoms with Gasteiger partial charge in [0.2, 0.25) is 0 Å². The molecule has 84 valence electrons. The van der Waals surface area contributed by atoms with Crippen molar-refractivity contribution in [2.45, 2.75) is 33.1 Å². The Labute approximate surface area is 90.2 Å². The number of carboxylic acid groups (broad SMARTS) is 1. The molecule has 1 aliphatic rings. The van der Waals surface area contributed by atoms with Crippen LogP contribution in [0.15, 0.2) is 12.2 Å². The van der Waals surface area contributed by atoms with Gasteiger partial charge in [-0.1, -0.05) is 19.1 Å². The zero-order valence-electron chi connectivity index (χ0n) is 9.27. The first-order chi connectivity index (χ1) is 7.04. The molecule has 15 heavy (non-hydrogen) atoms. The van der Waals surface area contributed by atoms with Crippen molar-refractivity contribution in [2.75, 3.05) is 0 Å². The van der Waals surface area contributed by atoms with E-state index < -0.39 is 11.9 Å². The monoisotopic (exact) mass is 210 g/mol. The third-order valence-electron chi connectivity index (χ3n) is 3.28. The van der Waals surface area contributed by atoms with E-state index in [0.29, 0.717) is 0 Å². The lowest BCUT2D eigenvalue weighted by Crippen LogP contribution is -2.33. The molecule has 0 aliphatic heterocycles. The van der Waals surface area contributed by atoms with Crippen LogP contribution < -0.4 is 0 Å². The molecule has 3 nitrogen and oxygen atoms in total. The number of carbonyl (C=O) groups is 2. The summed E-state index contributed by atoms with van der Waals surface area (Å²) < 4.78 is 0. The Morgan fingerprint density at radius 1 is 1.40 bits per heavy atom. The standard InChI is InChI=1S/C12H18O3/c1-8(9(2)13)11(12(14)15)10-6-4-3-5-7-10/h3-4,8,10-11H,5-7H2,1-2H3,(H,14,15). The summed E-state index contributed by atoms with van der Waals surface area (Å²) in [5.74, 6) is -1.65. The number of carboxylic acids is 1. The van der Waals surface area contributed by atoms with Crippen LogP contribution in [0.5, 0.6) is 0 Å². The van der Waals surface area contributed by atoms with E-state index in [-0.39, 0.29) is 17.6 Å². The van der Waals surface area contributed by atoms with E-state index in [2.05, 4.69) is 6.08 Å². The number of hydrogen-bond acceptors (Lipinski definition) is 2. The van der Waals surface area contributed by atoms with Gasteiger partial charge < -0.3 is 5.11 Å².